The predicted octanol–water partition coefficient (Wildman–Crippen LogP) is 1.95. The third-order valence-corrected chi connectivity index (χ3v) is 2.74. The van der Waals surface area contributed by atoms with Crippen LogP contribution < -0.4 is 5.32 Å². The van der Waals surface area contributed by atoms with Crippen LogP contribution in [0.4, 0.5) is 0 Å². The fourth-order valence-corrected chi connectivity index (χ4v) is 1.49. The number of carboxylic acid groups (broad SMARTS) is 1. The van der Waals surface area contributed by atoms with E-state index in [4.69, 9.17) is 21.1 Å². The molecule has 1 heterocycles. The monoisotopic (exact) mass is 281 g/mol. The third kappa shape index (κ3) is 3.52. The lowest BCUT2D eigenvalue weighted by Gasteiger charge is -2.05. The van der Waals surface area contributed by atoms with E-state index in [0.717, 1.165) is 5.56 Å². The Morgan fingerprint density at radius 2 is 2.11 bits per heavy atom. The van der Waals surface area contributed by atoms with Crippen LogP contribution in [0.1, 0.15) is 12.8 Å². The van der Waals surface area contributed by atoms with E-state index in [-0.39, 0.29) is 6.54 Å². The normalized spacial score (nSPS) is 12.3. The second-order valence-corrected chi connectivity index (χ2v) is 4.39. The van der Waals surface area contributed by atoms with E-state index >= 15 is 0 Å². The number of carbonyl (C=O) groups is 1. The molecule has 0 fully saturated rings. The molecular weight excluding hydrogens is 270 g/mol. The van der Waals surface area contributed by atoms with Crippen LogP contribution in [-0.2, 0) is 11.3 Å². The topological polar surface area (TPSA) is 88.3 Å². The van der Waals surface area contributed by atoms with E-state index in [9.17, 15) is 4.79 Å². The number of hydrogen-bond donors (Lipinski definition) is 2. The number of benzene rings is 1. The third-order valence-electron chi connectivity index (χ3n) is 2.49. The summed E-state index contributed by atoms with van der Waals surface area (Å²) in [7, 11) is 0. The van der Waals surface area contributed by atoms with Crippen molar-refractivity contribution in [3.8, 4) is 11.5 Å². The summed E-state index contributed by atoms with van der Waals surface area (Å²) in [4.78, 5) is 10.6. The Labute approximate surface area is 114 Å². The molecule has 0 saturated heterocycles. The van der Waals surface area contributed by atoms with Crippen molar-refractivity contribution in [2.75, 3.05) is 0 Å². The van der Waals surface area contributed by atoms with Gasteiger partial charge in [-0.05, 0) is 31.2 Å². The lowest BCUT2D eigenvalue weighted by atomic mass is 10.2. The van der Waals surface area contributed by atoms with Crippen molar-refractivity contribution in [3.63, 3.8) is 0 Å². The summed E-state index contributed by atoms with van der Waals surface area (Å²) in [6.45, 7) is 1.74. The Morgan fingerprint density at radius 1 is 1.42 bits per heavy atom. The average molecular weight is 282 g/mol. The molecule has 1 aromatic carbocycles. The molecule has 0 radical (unpaired) electrons. The van der Waals surface area contributed by atoms with Gasteiger partial charge in [-0.2, -0.15) is 0 Å². The van der Waals surface area contributed by atoms with Crippen LogP contribution in [0.15, 0.2) is 28.7 Å². The molecule has 0 aliphatic rings. The number of aromatic nitrogens is 2. The standard InChI is InChI=1S/C12H12ClN3O3/c1-7(12(17)18)14-6-10-15-16-11(19-10)8-2-4-9(13)5-3-8/h2-5,7,14H,6H2,1H3,(H,17,18)/t7-/m1/s1. The quantitative estimate of drug-likeness (QED) is 0.871. The number of carboxylic acids is 1. The highest BCUT2D eigenvalue weighted by Crippen LogP contribution is 2.20. The summed E-state index contributed by atoms with van der Waals surface area (Å²) in [5.74, 6) is -0.230. The summed E-state index contributed by atoms with van der Waals surface area (Å²) in [5.41, 5.74) is 0.759. The SMILES string of the molecule is C[C@@H](NCc1nnc(-c2ccc(Cl)cc2)o1)C(=O)O. The van der Waals surface area contributed by atoms with E-state index in [2.05, 4.69) is 15.5 Å². The van der Waals surface area contributed by atoms with Crippen LogP contribution in [0, 0.1) is 0 Å². The first-order valence-corrected chi connectivity index (χ1v) is 5.98. The molecular formula is C12H12ClN3O3. The van der Waals surface area contributed by atoms with Crippen LogP contribution in [-0.4, -0.2) is 27.3 Å². The number of nitrogens with zero attached hydrogens (tertiary/aromatic N) is 2. The number of halogens is 1. The zero-order valence-corrected chi connectivity index (χ0v) is 10.9. The van der Waals surface area contributed by atoms with Crippen LogP contribution in [0.25, 0.3) is 11.5 Å². The second-order valence-electron chi connectivity index (χ2n) is 3.95. The van der Waals surface area contributed by atoms with Crippen molar-refractivity contribution in [2.24, 2.45) is 0 Å². The summed E-state index contributed by atoms with van der Waals surface area (Å²) < 4.78 is 5.42. The molecule has 0 bridgehead atoms. The van der Waals surface area contributed by atoms with Gasteiger partial charge < -0.3 is 9.52 Å². The highest BCUT2D eigenvalue weighted by atomic mass is 35.5. The summed E-state index contributed by atoms with van der Waals surface area (Å²) in [6.07, 6.45) is 0. The van der Waals surface area contributed by atoms with E-state index < -0.39 is 12.0 Å². The number of rotatable bonds is 5. The fraction of sp³-hybridized carbons (Fsp3) is 0.250. The molecule has 100 valence electrons. The van der Waals surface area contributed by atoms with Gasteiger partial charge in [-0.15, -0.1) is 10.2 Å². The minimum absolute atomic E-state index is 0.202. The smallest absolute Gasteiger partial charge is 0.320 e. The van der Waals surface area contributed by atoms with Crippen LogP contribution in [0.3, 0.4) is 0 Å². The van der Waals surface area contributed by atoms with Crippen molar-refractivity contribution in [2.45, 2.75) is 19.5 Å². The van der Waals surface area contributed by atoms with Crippen LogP contribution >= 0.6 is 11.6 Å². The molecule has 0 aliphatic heterocycles. The van der Waals surface area contributed by atoms with Gasteiger partial charge in [-0.3, -0.25) is 10.1 Å². The largest absolute Gasteiger partial charge is 0.480 e. The fourth-order valence-electron chi connectivity index (χ4n) is 1.36. The van der Waals surface area contributed by atoms with Gasteiger partial charge in [0.15, 0.2) is 0 Å². The van der Waals surface area contributed by atoms with Gasteiger partial charge in [0.2, 0.25) is 11.8 Å². The highest BCUT2D eigenvalue weighted by molar-refractivity contribution is 6.30. The summed E-state index contributed by atoms with van der Waals surface area (Å²) in [5, 5.41) is 19.8. The molecule has 0 amide bonds. The van der Waals surface area contributed by atoms with Gasteiger partial charge in [0.05, 0.1) is 6.54 Å². The van der Waals surface area contributed by atoms with Crippen molar-refractivity contribution in [1.29, 1.82) is 0 Å². The van der Waals surface area contributed by atoms with Crippen LogP contribution in [0.2, 0.25) is 5.02 Å². The van der Waals surface area contributed by atoms with E-state index in [1.165, 1.54) is 0 Å². The average Bonchev–Trinajstić information content (AvgIpc) is 2.85. The Kier molecular flexibility index (Phi) is 4.13. The number of nitrogens with one attached hydrogen (secondary N) is 1. The summed E-state index contributed by atoms with van der Waals surface area (Å²) in [6, 6.07) is 6.32. The van der Waals surface area contributed by atoms with E-state index in [1.807, 2.05) is 0 Å². The molecule has 1 atom stereocenters. The Morgan fingerprint density at radius 3 is 2.74 bits per heavy atom. The van der Waals surface area contributed by atoms with Gasteiger partial charge >= 0.3 is 5.97 Å². The summed E-state index contributed by atoms with van der Waals surface area (Å²) >= 11 is 5.79. The Balaban J connectivity index is 2.03. The van der Waals surface area contributed by atoms with Gasteiger partial charge in [0.1, 0.15) is 6.04 Å². The number of aliphatic carboxylic acids is 1. The van der Waals surface area contributed by atoms with Gasteiger partial charge in [-0.25, -0.2) is 0 Å². The second kappa shape index (κ2) is 5.81. The molecule has 2 N–H and O–H groups in total. The van der Waals surface area contributed by atoms with Crippen molar-refractivity contribution in [1.82, 2.24) is 15.5 Å². The van der Waals surface area contributed by atoms with Gasteiger partial charge in [-0.1, -0.05) is 11.6 Å². The molecule has 2 aromatic rings. The van der Waals surface area contributed by atoms with Gasteiger partial charge in [0.25, 0.3) is 0 Å². The maximum Gasteiger partial charge on any atom is 0.320 e. The Hall–Kier alpha value is -1.92. The molecule has 0 unspecified atom stereocenters. The van der Waals surface area contributed by atoms with E-state index in [1.54, 1.807) is 31.2 Å². The zero-order valence-electron chi connectivity index (χ0n) is 10.1. The van der Waals surface area contributed by atoms with Crippen LogP contribution in [0.5, 0.6) is 0 Å². The maximum atomic E-state index is 10.6. The highest BCUT2D eigenvalue weighted by Gasteiger charge is 2.13. The lowest BCUT2D eigenvalue weighted by Crippen LogP contribution is -2.33. The molecule has 1 aromatic heterocycles. The van der Waals surface area contributed by atoms with Crippen molar-refractivity contribution < 1.29 is 14.3 Å². The molecule has 2 rings (SSSR count). The van der Waals surface area contributed by atoms with Crippen molar-refractivity contribution in [3.05, 3.63) is 35.2 Å². The first-order valence-electron chi connectivity index (χ1n) is 5.61. The molecule has 7 heteroatoms. The minimum Gasteiger partial charge on any atom is -0.480 e. The first-order chi connectivity index (χ1) is 9.06. The van der Waals surface area contributed by atoms with Crippen molar-refractivity contribution >= 4 is 17.6 Å². The molecule has 19 heavy (non-hydrogen) atoms. The minimum atomic E-state index is -0.933. The maximum absolute atomic E-state index is 10.6. The van der Waals surface area contributed by atoms with Gasteiger partial charge in [0, 0.05) is 10.6 Å². The Bertz CT molecular complexity index is 568. The molecule has 6 nitrogen and oxygen atoms in total. The number of hydrogen-bond acceptors (Lipinski definition) is 5. The molecule has 0 spiro atoms. The lowest BCUT2D eigenvalue weighted by molar-refractivity contribution is -0.139. The molecule has 0 saturated carbocycles. The first kappa shape index (κ1) is 13.5. The zero-order chi connectivity index (χ0) is 13.8. The van der Waals surface area contributed by atoms with E-state index in [0.29, 0.717) is 16.8 Å². The predicted molar refractivity (Wildman–Crippen MR) is 68.7 cm³/mol. The molecule has 0 aliphatic carbocycles.